The first-order valence-electron chi connectivity index (χ1n) is 7.94. The third kappa shape index (κ3) is 3.03. The molecular formula is C17H22N6. The van der Waals surface area contributed by atoms with Crippen LogP contribution in [0.25, 0.3) is 16.7 Å². The van der Waals surface area contributed by atoms with Gasteiger partial charge in [0, 0.05) is 11.3 Å². The molecule has 0 radical (unpaired) electrons. The Labute approximate surface area is 136 Å². The lowest BCUT2D eigenvalue weighted by Crippen LogP contribution is -2.36. The van der Waals surface area contributed by atoms with Crippen LogP contribution < -0.4 is 10.6 Å². The first-order valence-corrected chi connectivity index (χ1v) is 7.94. The molecule has 0 atom stereocenters. The van der Waals surface area contributed by atoms with Crippen LogP contribution in [0.1, 0.15) is 26.7 Å². The number of rotatable bonds is 6. The fourth-order valence-corrected chi connectivity index (χ4v) is 2.63. The van der Waals surface area contributed by atoms with Crippen LogP contribution in [0.5, 0.6) is 0 Å². The number of nitrogens with zero attached hydrogens (tertiary/aromatic N) is 4. The van der Waals surface area contributed by atoms with Crippen molar-refractivity contribution in [1.82, 2.24) is 25.6 Å². The van der Waals surface area contributed by atoms with Crippen molar-refractivity contribution in [2.24, 2.45) is 4.99 Å². The van der Waals surface area contributed by atoms with Crippen LogP contribution in [0.2, 0.25) is 0 Å². The molecule has 23 heavy (non-hydrogen) atoms. The van der Waals surface area contributed by atoms with Crippen molar-refractivity contribution in [1.29, 1.82) is 0 Å². The van der Waals surface area contributed by atoms with Gasteiger partial charge in [-0.1, -0.05) is 30.7 Å². The van der Waals surface area contributed by atoms with E-state index in [0.717, 1.165) is 46.7 Å². The summed E-state index contributed by atoms with van der Waals surface area (Å²) in [4.78, 5) is 4.45. The summed E-state index contributed by atoms with van der Waals surface area (Å²) in [6.07, 6.45) is 4.15. The van der Waals surface area contributed by atoms with E-state index < -0.39 is 0 Å². The molecule has 0 saturated heterocycles. The highest BCUT2D eigenvalue weighted by molar-refractivity contribution is 6.07. The molecular weight excluding hydrogens is 288 g/mol. The SMILES string of the molecule is CCC/C(=C\C1=C(C)N=C1NCNC)n1nnc2ccccc21. The van der Waals surface area contributed by atoms with E-state index in [1.807, 2.05) is 36.9 Å². The Morgan fingerprint density at radius 1 is 1.30 bits per heavy atom. The van der Waals surface area contributed by atoms with Crippen molar-refractivity contribution >= 4 is 22.6 Å². The average molecular weight is 310 g/mol. The first-order chi connectivity index (χ1) is 11.2. The van der Waals surface area contributed by atoms with E-state index in [-0.39, 0.29) is 0 Å². The second kappa shape index (κ2) is 6.75. The molecule has 120 valence electrons. The molecule has 0 spiro atoms. The van der Waals surface area contributed by atoms with E-state index in [2.05, 4.69) is 45.0 Å². The van der Waals surface area contributed by atoms with Crippen LogP contribution in [0.3, 0.4) is 0 Å². The topological polar surface area (TPSA) is 67.1 Å². The maximum Gasteiger partial charge on any atom is 0.136 e. The fraction of sp³-hybridized carbons (Fsp3) is 0.353. The predicted octanol–water partition coefficient (Wildman–Crippen LogP) is 2.52. The lowest BCUT2D eigenvalue weighted by Gasteiger charge is -2.21. The maximum atomic E-state index is 4.45. The van der Waals surface area contributed by atoms with Crippen molar-refractivity contribution in [2.75, 3.05) is 13.7 Å². The second-order valence-corrected chi connectivity index (χ2v) is 5.54. The van der Waals surface area contributed by atoms with Gasteiger partial charge in [0.25, 0.3) is 0 Å². The van der Waals surface area contributed by atoms with Crippen LogP contribution in [0.4, 0.5) is 0 Å². The zero-order valence-electron chi connectivity index (χ0n) is 13.8. The Kier molecular flexibility index (Phi) is 4.52. The summed E-state index contributed by atoms with van der Waals surface area (Å²) in [6, 6.07) is 8.03. The van der Waals surface area contributed by atoms with E-state index >= 15 is 0 Å². The van der Waals surface area contributed by atoms with E-state index in [4.69, 9.17) is 0 Å². The standard InChI is InChI=1S/C17H22N6/c1-4-7-13(10-14-12(2)20-17(14)19-11-18-3)23-16-9-6-5-8-15(16)21-22-23/h5-6,8-10,18H,4,7,11H2,1-3H3,(H,19,20)/b13-10+. The molecule has 1 aromatic heterocycles. The zero-order valence-corrected chi connectivity index (χ0v) is 13.8. The summed E-state index contributed by atoms with van der Waals surface area (Å²) in [7, 11) is 1.91. The lowest BCUT2D eigenvalue weighted by molar-refractivity contribution is 0.755. The third-order valence-corrected chi connectivity index (χ3v) is 3.80. The Hall–Kier alpha value is -2.47. The van der Waals surface area contributed by atoms with Gasteiger partial charge in [-0.2, -0.15) is 0 Å². The van der Waals surface area contributed by atoms with Crippen LogP contribution in [0, 0.1) is 0 Å². The third-order valence-electron chi connectivity index (χ3n) is 3.80. The predicted molar refractivity (Wildman–Crippen MR) is 93.9 cm³/mol. The second-order valence-electron chi connectivity index (χ2n) is 5.54. The van der Waals surface area contributed by atoms with Crippen molar-refractivity contribution in [3.8, 4) is 0 Å². The van der Waals surface area contributed by atoms with E-state index in [1.54, 1.807) is 0 Å². The zero-order chi connectivity index (χ0) is 16.2. The highest BCUT2D eigenvalue weighted by Crippen LogP contribution is 2.25. The summed E-state index contributed by atoms with van der Waals surface area (Å²) in [5, 5.41) is 14.9. The molecule has 1 aliphatic rings. The van der Waals surface area contributed by atoms with Crippen molar-refractivity contribution in [3.05, 3.63) is 41.6 Å². The van der Waals surface area contributed by atoms with Gasteiger partial charge in [0.05, 0.1) is 17.9 Å². The lowest BCUT2D eigenvalue weighted by atomic mass is 10.1. The van der Waals surface area contributed by atoms with Gasteiger partial charge < -0.3 is 10.6 Å². The highest BCUT2D eigenvalue weighted by atomic mass is 15.4. The number of benzene rings is 1. The normalized spacial score (nSPS) is 14.9. The summed E-state index contributed by atoms with van der Waals surface area (Å²) < 4.78 is 1.94. The first kappa shape index (κ1) is 15.4. The number of aliphatic imine (C=N–C) groups is 1. The number of amidine groups is 1. The highest BCUT2D eigenvalue weighted by Gasteiger charge is 2.19. The molecule has 0 saturated carbocycles. The van der Waals surface area contributed by atoms with Gasteiger partial charge in [-0.05, 0) is 38.6 Å². The molecule has 0 bridgehead atoms. The van der Waals surface area contributed by atoms with Gasteiger partial charge >= 0.3 is 0 Å². The molecule has 6 heteroatoms. The fourth-order valence-electron chi connectivity index (χ4n) is 2.63. The summed E-state index contributed by atoms with van der Waals surface area (Å²) in [5.74, 6) is 0.926. The molecule has 0 unspecified atom stereocenters. The Morgan fingerprint density at radius 2 is 2.13 bits per heavy atom. The number of hydrogen-bond acceptors (Lipinski definition) is 5. The molecule has 3 rings (SSSR count). The number of allylic oxidation sites excluding steroid dienone is 2. The smallest absolute Gasteiger partial charge is 0.136 e. The van der Waals surface area contributed by atoms with Crippen LogP contribution in [-0.2, 0) is 0 Å². The van der Waals surface area contributed by atoms with E-state index in [1.165, 1.54) is 0 Å². The minimum Gasteiger partial charge on any atom is -0.357 e. The molecule has 1 aromatic carbocycles. The molecule has 0 amide bonds. The van der Waals surface area contributed by atoms with Crippen LogP contribution in [-0.4, -0.2) is 34.5 Å². The quantitative estimate of drug-likeness (QED) is 0.805. The van der Waals surface area contributed by atoms with Gasteiger partial charge in [0.2, 0.25) is 0 Å². The van der Waals surface area contributed by atoms with Crippen molar-refractivity contribution in [2.45, 2.75) is 26.7 Å². The summed E-state index contributed by atoms with van der Waals surface area (Å²) in [5.41, 5.74) is 5.27. The summed E-state index contributed by atoms with van der Waals surface area (Å²) >= 11 is 0. The van der Waals surface area contributed by atoms with Gasteiger partial charge in [-0.3, -0.25) is 0 Å². The number of aromatic nitrogens is 3. The average Bonchev–Trinajstić information content (AvgIpc) is 2.99. The monoisotopic (exact) mass is 310 g/mol. The number of nitrogens with one attached hydrogen (secondary N) is 2. The minimum absolute atomic E-state index is 0.693. The van der Waals surface area contributed by atoms with Gasteiger partial charge in [0.1, 0.15) is 11.4 Å². The molecule has 2 heterocycles. The maximum absolute atomic E-state index is 4.45. The van der Waals surface area contributed by atoms with Gasteiger partial charge in [-0.25, -0.2) is 9.67 Å². The Bertz CT molecular complexity index is 796. The minimum atomic E-state index is 0.693. The van der Waals surface area contributed by atoms with Gasteiger partial charge in [-0.15, -0.1) is 5.10 Å². The molecule has 2 N–H and O–H groups in total. The molecule has 0 aliphatic carbocycles. The number of fused-ring (bicyclic) bond motifs is 1. The van der Waals surface area contributed by atoms with E-state index in [9.17, 15) is 0 Å². The molecule has 1 aliphatic heterocycles. The Morgan fingerprint density at radius 3 is 2.87 bits per heavy atom. The van der Waals surface area contributed by atoms with Crippen LogP contribution >= 0.6 is 0 Å². The molecule has 0 fully saturated rings. The largest absolute Gasteiger partial charge is 0.357 e. The summed E-state index contributed by atoms with van der Waals surface area (Å²) in [6.45, 7) is 4.89. The number of para-hydroxylation sites is 1. The van der Waals surface area contributed by atoms with Crippen molar-refractivity contribution < 1.29 is 0 Å². The van der Waals surface area contributed by atoms with Crippen molar-refractivity contribution in [3.63, 3.8) is 0 Å². The molecule has 6 nitrogen and oxygen atoms in total. The number of hydrogen-bond donors (Lipinski definition) is 2. The van der Waals surface area contributed by atoms with Crippen LogP contribution in [0.15, 0.2) is 46.6 Å². The van der Waals surface area contributed by atoms with Gasteiger partial charge in [0.15, 0.2) is 0 Å². The Balaban J connectivity index is 1.94. The van der Waals surface area contributed by atoms with E-state index in [0.29, 0.717) is 6.67 Å². The molecule has 2 aromatic rings.